The molecule has 0 aromatic heterocycles. The van der Waals surface area contributed by atoms with Crippen LogP contribution in [0.5, 0.6) is 0 Å². The molecule has 0 aliphatic heterocycles. The molecule has 0 bridgehead atoms. The highest BCUT2D eigenvalue weighted by atomic mass is 32.2. The molecule has 2 amide bonds. The first-order valence-electron chi connectivity index (χ1n) is 3.86. The Morgan fingerprint density at radius 1 is 1.64 bits per heavy atom. The molecule has 0 aromatic carbocycles. The minimum atomic E-state index is -0.0125. The molecule has 0 spiro atoms. The quantitative estimate of drug-likeness (QED) is 0.619. The first-order valence-corrected chi connectivity index (χ1v) is 5.25. The summed E-state index contributed by atoms with van der Waals surface area (Å²) in [6.07, 6.45) is 4.33. The van der Waals surface area contributed by atoms with Gasteiger partial charge >= 0.3 is 6.03 Å². The van der Waals surface area contributed by atoms with Gasteiger partial charge in [0, 0.05) is 18.3 Å². The van der Waals surface area contributed by atoms with Gasteiger partial charge in [-0.25, -0.2) is 4.79 Å². The SMILES string of the molecule is CSCCNC(=O)NC1CC1. The van der Waals surface area contributed by atoms with Crippen molar-refractivity contribution < 1.29 is 4.79 Å². The molecule has 0 unspecified atom stereocenters. The van der Waals surface area contributed by atoms with Crippen molar-refractivity contribution in [3.63, 3.8) is 0 Å². The van der Waals surface area contributed by atoms with E-state index in [1.165, 1.54) is 0 Å². The second-order valence-corrected chi connectivity index (χ2v) is 3.65. The van der Waals surface area contributed by atoms with Crippen molar-refractivity contribution in [2.75, 3.05) is 18.6 Å². The molecule has 1 rings (SSSR count). The van der Waals surface area contributed by atoms with Crippen LogP contribution in [0.2, 0.25) is 0 Å². The van der Waals surface area contributed by atoms with Crippen LogP contribution < -0.4 is 10.6 Å². The molecule has 1 aliphatic carbocycles. The van der Waals surface area contributed by atoms with Gasteiger partial charge in [0.15, 0.2) is 0 Å². The number of hydrogen-bond acceptors (Lipinski definition) is 2. The summed E-state index contributed by atoms with van der Waals surface area (Å²) in [6.45, 7) is 0.764. The van der Waals surface area contributed by atoms with E-state index in [0.29, 0.717) is 6.04 Å². The molecule has 4 heteroatoms. The van der Waals surface area contributed by atoms with Crippen LogP contribution in [0, 0.1) is 0 Å². The van der Waals surface area contributed by atoms with Gasteiger partial charge in [0.05, 0.1) is 0 Å². The fourth-order valence-electron chi connectivity index (χ4n) is 0.731. The maximum absolute atomic E-state index is 10.9. The van der Waals surface area contributed by atoms with Gasteiger partial charge in [-0.15, -0.1) is 0 Å². The molecule has 1 fully saturated rings. The Labute approximate surface area is 71.3 Å². The first kappa shape index (κ1) is 8.71. The van der Waals surface area contributed by atoms with Crippen molar-refractivity contribution in [1.82, 2.24) is 10.6 Å². The molecular formula is C7H14N2OS. The zero-order valence-electron chi connectivity index (χ0n) is 6.72. The summed E-state index contributed by atoms with van der Waals surface area (Å²) in [6, 6.07) is 0.450. The standard InChI is InChI=1S/C7H14N2OS/c1-11-5-4-8-7(10)9-6-2-3-6/h6H,2-5H2,1H3,(H2,8,9,10). The lowest BCUT2D eigenvalue weighted by Crippen LogP contribution is -2.37. The molecule has 3 nitrogen and oxygen atoms in total. The molecule has 2 N–H and O–H groups in total. The Balaban J connectivity index is 1.92. The Bertz CT molecular complexity index is 136. The van der Waals surface area contributed by atoms with Gasteiger partial charge in [-0.2, -0.15) is 11.8 Å². The van der Waals surface area contributed by atoms with Crippen LogP contribution in [-0.2, 0) is 0 Å². The third kappa shape index (κ3) is 4.14. The maximum Gasteiger partial charge on any atom is 0.315 e. The van der Waals surface area contributed by atoms with E-state index >= 15 is 0 Å². The van der Waals surface area contributed by atoms with E-state index in [1.807, 2.05) is 6.26 Å². The summed E-state index contributed by atoms with van der Waals surface area (Å²) < 4.78 is 0. The number of carbonyl (C=O) groups is 1. The molecule has 64 valence electrons. The fourth-order valence-corrected chi connectivity index (χ4v) is 1.04. The smallest absolute Gasteiger partial charge is 0.315 e. The van der Waals surface area contributed by atoms with E-state index < -0.39 is 0 Å². The Kier molecular flexibility index (Phi) is 3.56. The lowest BCUT2D eigenvalue weighted by atomic mass is 10.6. The van der Waals surface area contributed by atoms with Gasteiger partial charge in [0.1, 0.15) is 0 Å². The second-order valence-electron chi connectivity index (χ2n) is 2.67. The van der Waals surface area contributed by atoms with Gasteiger partial charge in [-0.3, -0.25) is 0 Å². The average Bonchev–Trinajstić information content (AvgIpc) is 2.72. The third-order valence-corrected chi connectivity index (χ3v) is 2.12. The predicted molar refractivity (Wildman–Crippen MR) is 47.9 cm³/mol. The van der Waals surface area contributed by atoms with Crippen LogP contribution >= 0.6 is 11.8 Å². The molecule has 0 heterocycles. The van der Waals surface area contributed by atoms with Crippen LogP contribution in [0.4, 0.5) is 4.79 Å². The molecule has 1 saturated carbocycles. The lowest BCUT2D eigenvalue weighted by molar-refractivity contribution is 0.241. The molecule has 0 saturated heterocycles. The summed E-state index contributed by atoms with van der Waals surface area (Å²) in [4.78, 5) is 10.9. The van der Waals surface area contributed by atoms with Gasteiger partial charge in [-0.1, -0.05) is 0 Å². The predicted octanol–water partition coefficient (Wildman–Crippen LogP) is 0.811. The highest BCUT2D eigenvalue weighted by Gasteiger charge is 2.22. The van der Waals surface area contributed by atoms with Gasteiger partial charge in [0.25, 0.3) is 0 Å². The van der Waals surface area contributed by atoms with E-state index in [0.717, 1.165) is 25.1 Å². The number of amides is 2. The number of nitrogens with one attached hydrogen (secondary N) is 2. The van der Waals surface area contributed by atoms with Gasteiger partial charge in [-0.05, 0) is 19.1 Å². The zero-order valence-corrected chi connectivity index (χ0v) is 7.54. The number of carbonyl (C=O) groups excluding carboxylic acids is 1. The molecule has 0 atom stereocenters. The Hall–Kier alpha value is -0.380. The topological polar surface area (TPSA) is 41.1 Å². The van der Waals surface area contributed by atoms with E-state index in [2.05, 4.69) is 10.6 Å². The minimum Gasteiger partial charge on any atom is -0.337 e. The Morgan fingerprint density at radius 2 is 2.36 bits per heavy atom. The zero-order chi connectivity index (χ0) is 8.10. The maximum atomic E-state index is 10.9. The van der Waals surface area contributed by atoms with Crippen molar-refractivity contribution in [3.05, 3.63) is 0 Å². The average molecular weight is 174 g/mol. The van der Waals surface area contributed by atoms with Crippen molar-refractivity contribution in [2.24, 2.45) is 0 Å². The van der Waals surface area contributed by atoms with Crippen molar-refractivity contribution >= 4 is 17.8 Å². The van der Waals surface area contributed by atoms with Gasteiger partial charge in [0.2, 0.25) is 0 Å². The Morgan fingerprint density at radius 3 is 2.91 bits per heavy atom. The van der Waals surface area contributed by atoms with Crippen LogP contribution in [0.1, 0.15) is 12.8 Å². The number of hydrogen-bond donors (Lipinski definition) is 2. The summed E-state index contributed by atoms with van der Waals surface area (Å²) >= 11 is 1.74. The largest absolute Gasteiger partial charge is 0.337 e. The molecule has 0 aromatic rings. The van der Waals surface area contributed by atoms with Crippen LogP contribution in [0.3, 0.4) is 0 Å². The van der Waals surface area contributed by atoms with E-state index in [-0.39, 0.29) is 6.03 Å². The number of urea groups is 1. The van der Waals surface area contributed by atoms with Crippen molar-refractivity contribution in [2.45, 2.75) is 18.9 Å². The third-order valence-electron chi connectivity index (χ3n) is 1.50. The fraction of sp³-hybridized carbons (Fsp3) is 0.857. The van der Waals surface area contributed by atoms with Crippen LogP contribution in [-0.4, -0.2) is 30.6 Å². The van der Waals surface area contributed by atoms with Crippen molar-refractivity contribution in [1.29, 1.82) is 0 Å². The van der Waals surface area contributed by atoms with E-state index in [1.54, 1.807) is 11.8 Å². The normalized spacial score (nSPS) is 16.1. The van der Waals surface area contributed by atoms with Crippen LogP contribution in [0.25, 0.3) is 0 Å². The van der Waals surface area contributed by atoms with E-state index in [9.17, 15) is 4.79 Å². The second kappa shape index (κ2) is 4.49. The summed E-state index contributed by atoms with van der Waals surface area (Å²) in [5.74, 6) is 0.984. The molecule has 0 radical (unpaired) electrons. The highest BCUT2D eigenvalue weighted by Crippen LogP contribution is 2.18. The summed E-state index contributed by atoms with van der Waals surface area (Å²) in [5, 5.41) is 5.64. The monoisotopic (exact) mass is 174 g/mol. The number of thioether (sulfide) groups is 1. The molecule has 1 aliphatic rings. The first-order chi connectivity index (χ1) is 5.33. The summed E-state index contributed by atoms with van der Waals surface area (Å²) in [7, 11) is 0. The summed E-state index contributed by atoms with van der Waals surface area (Å²) in [5.41, 5.74) is 0. The van der Waals surface area contributed by atoms with E-state index in [4.69, 9.17) is 0 Å². The lowest BCUT2D eigenvalue weighted by Gasteiger charge is -2.04. The minimum absolute atomic E-state index is 0.0125. The van der Waals surface area contributed by atoms with Crippen LogP contribution in [0.15, 0.2) is 0 Å². The van der Waals surface area contributed by atoms with Crippen molar-refractivity contribution in [3.8, 4) is 0 Å². The highest BCUT2D eigenvalue weighted by molar-refractivity contribution is 7.98. The number of rotatable bonds is 4. The van der Waals surface area contributed by atoms with Gasteiger partial charge < -0.3 is 10.6 Å². The molecule has 11 heavy (non-hydrogen) atoms. The molecular weight excluding hydrogens is 160 g/mol.